The van der Waals surface area contributed by atoms with E-state index in [0.29, 0.717) is 5.56 Å². The number of amides is 6. The molecule has 0 saturated heterocycles. The molecule has 0 aliphatic rings. The van der Waals surface area contributed by atoms with Gasteiger partial charge in [-0.15, -0.1) is 0 Å². The molecule has 52 heavy (non-hydrogen) atoms. The van der Waals surface area contributed by atoms with E-state index in [1.165, 1.54) is 38.1 Å². The van der Waals surface area contributed by atoms with Gasteiger partial charge in [0.25, 0.3) is 0 Å². The van der Waals surface area contributed by atoms with Crippen LogP contribution in [0.2, 0.25) is 0 Å². The maximum Gasteiger partial charge on any atom is 0.524 e. The Bertz CT molecular complexity index is 1520. The minimum absolute atomic E-state index is 0.201. The van der Waals surface area contributed by atoms with E-state index in [9.17, 15) is 42.9 Å². The lowest BCUT2D eigenvalue weighted by Crippen LogP contribution is -2.59. The monoisotopic (exact) mass is 777 g/mol. The number of rotatable bonds is 21. The van der Waals surface area contributed by atoms with Crippen molar-refractivity contribution >= 4 is 67.8 Å². The summed E-state index contributed by atoms with van der Waals surface area (Å²) in [6.45, 7) is 5.02. The van der Waals surface area contributed by atoms with Crippen molar-refractivity contribution in [2.24, 2.45) is 11.7 Å². The summed E-state index contributed by atoms with van der Waals surface area (Å²) in [6, 6.07) is -2.91. The largest absolute Gasteiger partial charge is 0.524 e. The third-order valence-corrected chi connectivity index (χ3v) is 7.76. The van der Waals surface area contributed by atoms with Crippen LogP contribution in [0.3, 0.4) is 0 Å². The molecule has 12 N–H and O–H groups in total. The predicted molar refractivity (Wildman–Crippen MR) is 183 cm³/mol. The summed E-state index contributed by atoms with van der Waals surface area (Å²) in [5, 5.41) is 31.9. The first kappa shape index (κ1) is 45.3. The molecule has 0 aliphatic carbocycles. The van der Waals surface area contributed by atoms with Gasteiger partial charge in [0.1, 0.15) is 36.0 Å². The van der Waals surface area contributed by atoms with Gasteiger partial charge in [-0.1, -0.05) is 26.0 Å². The van der Waals surface area contributed by atoms with Crippen molar-refractivity contribution in [3.63, 3.8) is 0 Å². The number of nitrogens with one attached hydrogen (secondary N) is 6. The molecule has 0 saturated carbocycles. The van der Waals surface area contributed by atoms with Crippen molar-refractivity contribution in [1.29, 1.82) is 0 Å². The van der Waals surface area contributed by atoms with Crippen LogP contribution < -0.4 is 42.2 Å². The van der Waals surface area contributed by atoms with E-state index >= 15 is 0 Å². The maximum atomic E-state index is 13.5. The van der Waals surface area contributed by atoms with Gasteiger partial charge in [-0.3, -0.25) is 43.3 Å². The van der Waals surface area contributed by atoms with E-state index in [1.54, 1.807) is 13.8 Å². The van der Waals surface area contributed by atoms with Gasteiger partial charge in [0.2, 0.25) is 35.4 Å². The van der Waals surface area contributed by atoms with Crippen LogP contribution in [0.25, 0.3) is 0 Å². The molecule has 23 heteroatoms. The topological polar surface area (TPSA) is 342 Å². The zero-order valence-electron chi connectivity index (χ0n) is 28.5. The number of phosphoric ester groups is 1. The molecule has 1 rings (SSSR count). The summed E-state index contributed by atoms with van der Waals surface area (Å²) >= 11 is 3.86. The average molecular weight is 778 g/mol. The highest BCUT2D eigenvalue weighted by Gasteiger charge is 2.31. The number of carboxylic acids is 2. The second-order valence-corrected chi connectivity index (χ2v) is 13.3. The number of carboxylic acid groups (broad SMARTS) is 2. The smallest absolute Gasteiger partial charge is 0.481 e. The van der Waals surface area contributed by atoms with Crippen molar-refractivity contribution < 1.29 is 67.4 Å². The summed E-state index contributed by atoms with van der Waals surface area (Å²) in [5.41, 5.74) is 5.82. The van der Waals surface area contributed by atoms with Gasteiger partial charge in [-0.2, -0.15) is 12.6 Å². The van der Waals surface area contributed by atoms with Gasteiger partial charge >= 0.3 is 19.8 Å². The Hall–Kier alpha value is -4.76. The van der Waals surface area contributed by atoms with Gasteiger partial charge in [0.15, 0.2) is 0 Å². The van der Waals surface area contributed by atoms with Crippen LogP contribution in [-0.4, -0.2) is 116 Å². The fourth-order valence-corrected chi connectivity index (χ4v) is 4.78. The van der Waals surface area contributed by atoms with E-state index in [-0.39, 0.29) is 17.9 Å². The molecule has 0 unspecified atom stereocenters. The highest BCUT2D eigenvalue weighted by Crippen LogP contribution is 2.37. The van der Waals surface area contributed by atoms with Crippen molar-refractivity contribution in [1.82, 2.24) is 31.9 Å². The van der Waals surface area contributed by atoms with E-state index in [0.717, 1.165) is 0 Å². The van der Waals surface area contributed by atoms with Crippen molar-refractivity contribution in [3.8, 4) is 5.75 Å². The van der Waals surface area contributed by atoms with Crippen LogP contribution in [-0.2, 0) is 49.3 Å². The summed E-state index contributed by atoms with van der Waals surface area (Å²) in [5.74, 6) is -8.91. The molecule has 1 aromatic rings. The highest BCUT2D eigenvalue weighted by molar-refractivity contribution is 7.80. The summed E-state index contributed by atoms with van der Waals surface area (Å²) in [4.78, 5) is 117. The molecule has 0 heterocycles. The Labute approximate surface area is 303 Å². The van der Waals surface area contributed by atoms with Gasteiger partial charge in [-0.25, -0.2) is 9.36 Å². The molecule has 0 spiro atoms. The third-order valence-electron chi connectivity index (χ3n) is 6.94. The second-order valence-electron chi connectivity index (χ2n) is 11.7. The SMILES string of the molecule is CC(C)[C@H](NC(=O)CNC(=O)[C@@H](N)CC(=O)O)C(=O)N[C@@H](Cc1ccc(OP(=O)(O)O)cc1)C(=O)N[C@@H](C)C(=O)N[C@@H](C)C(=O)N[C@@H](CS)C(=O)O. The first-order valence-corrected chi connectivity index (χ1v) is 17.6. The number of carbonyl (C=O) groups excluding carboxylic acids is 6. The van der Waals surface area contributed by atoms with E-state index in [2.05, 4.69) is 49.1 Å². The number of benzene rings is 1. The van der Waals surface area contributed by atoms with Crippen molar-refractivity contribution in [2.75, 3.05) is 12.3 Å². The number of phosphoric acid groups is 1. The van der Waals surface area contributed by atoms with Crippen molar-refractivity contribution in [2.45, 2.75) is 76.8 Å². The number of thiol groups is 1. The fraction of sp³-hybridized carbons (Fsp3) is 0.517. The summed E-state index contributed by atoms with van der Waals surface area (Å²) in [6.07, 6.45) is -0.941. The highest BCUT2D eigenvalue weighted by atomic mass is 32.1. The molecule has 0 fully saturated rings. The van der Waals surface area contributed by atoms with Gasteiger partial charge in [0, 0.05) is 12.2 Å². The zero-order valence-corrected chi connectivity index (χ0v) is 30.3. The van der Waals surface area contributed by atoms with Crippen molar-refractivity contribution in [3.05, 3.63) is 29.8 Å². The number of carbonyl (C=O) groups is 8. The molecule has 6 atom stereocenters. The molecule has 6 amide bonds. The lowest BCUT2D eigenvalue weighted by molar-refractivity contribution is -0.141. The Morgan fingerprint density at radius 1 is 0.769 bits per heavy atom. The minimum Gasteiger partial charge on any atom is -0.481 e. The van der Waals surface area contributed by atoms with Gasteiger partial charge < -0.3 is 52.4 Å². The quantitative estimate of drug-likeness (QED) is 0.0431. The van der Waals surface area contributed by atoms with Gasteiger partial charge in [0.05, 0.1) is 19.0 Å². The normalized spacial score (nSPS) is 14.6. The molecule has 0 bridgehead atoms. The Morgan fingerprint density at radius 3 is 1.77 bits per heavy atom. The van der Waals surface area contributed by atoms with Crippen LogP contribution in [0.15, 0.2) is 24.3 Å². The van der Waals surface area contributed by atoms with Crippen LogP contribution in [0.5, 0.6) is 5.75 Å². The van der Waals surface area contributed by atoms with Crippen LogP contribution >= 0.6 is 20.5 Å². The summed E-state index contributed by atoms with van der Waals surface area (Å²) < 4.78 is 15.7. The Kier molecular flexibility index (Phi) is 18.2. The molecule has 0 aliphatic heterocycles. The first-order valence-electron chi connectivity index (χ1n) is 15.5. The van der Waals surface area contributed by atoms with E-state index < -0.39 is 110 Å². The molecular formula is C29H44N7O14PS. The van der Waals surface area contributed by atoms with Crippen LogP contribution in [0, 0.1) is 5.92 Å². The lowest BCUT2D eigenvalue weighted by atomic mass is 10.0. The number of nitrogens with two attached hydrogens (primary N) is 1. The number of hydrogen-bond donors (Lipinski definition) is 12. The van der Waals surface area contributed by atoms with E-state index in [4.69, 9.17) is 25.7 Å². The zero-order chi connectivity index (χ0) is 39.9. The molecule has 290 valence electrons. The molecule has 1 aromatic carbocycles. The fourth-order valence-electron chi connectivity index (χ4n) is 4.13. The first-order chi connectivity index (χ1) is 24.0. The molecule has 21 nitrogen and oxygen atoms in total. The molecule has 0 radical (unpaired) electrons. The predicted octanol–water partition coefficient (Wildman–Crippen LogP) is -3.25. The third kappa shape index (κ3) is 16.5. The number of aliphatic carboxylic acids is 2. The molecule has 0 aromatic heterocycles. The Balaban J connectivity index is 3.15. The standard InChI is InChI=1S/C29H44N7O14PS/c1-13(2)23(36-21(37)11-31-26(42)18(30)10-22(38)39)28(44)34-19(9-16-5-7-17(8-6-16)50-51(47,48)49)27(43)33-14(3)24(40)32-15(4)25(41)35-20(12-52)29(45)46/h5-8,13-15,18-20,23,52H,9-12,30H2,1-4H3,(H,31,42)(H,32,40)(H,33,43)(H,34,44)(H,35,41)(H,36,37)(H,38,39)(H,45,46)(H2,47,48,49)/t14-,15-,18-,19-,20-,23-/m0/s1. The van der Waals surface area contributed by atoms with Crippen LogP contribution in [0.1, 0.15) is 39.7 Å². The van der Waals surface area contributed by atoms with E-state index in [1.807, 2.05) is 0 Å². The lowest BCUT2D eigenvalue weighted by Gasteiger charge is -2.26. The Morgan fingerprint density at radius 2 is 1.29 bits per heavy atom. The maximum absolute atomic E-state index is 13.5. The summed E-state index contributed by atoms with van der Waals surface area (Å²) in [7, 11) is -4.88. The average Bonchev–Trinajstić information content (AvgIpc) is 3.03. The molecular weight excluding hydrogens is 733 g/mol. The van der Waals surface area contributed by atoms with Crippen LogP contribution in [0.4, 0.5) is 0 Å². The number of hydrogen-bond acceptors (Lipinski definition) is 12. The second kappa shape index (κ2) is 20.9. The minimum atomic E-state index is -4.88. The van der Waals surface area contributed by atoms with Gasteiger partial charge in [-0.05, 0) is 37.5 Å².